The number of aromatic nitrogens is 2. The maximum absolute atomic E-state index is 12.9. The van der Waals surface area contributed by atoms with Crippen LogP contribution in [0.5, 0.6) is 0 Å². The standard InChI is InChI=1S/C23H20N4O3/c1-14-24-12-20(27(14)17-5-3-2-4-6-17)15-7-8-18-16(11-15)13-26(23(18)30)19-9-10-21(28)25-22(19)29/h2-8,11-12,19H,9-10,13H2,1H3,(H,25,28,29). The number of fused-ring (bicyclic) bond motifs is 1. The van der Waals surface area contributed by atoms with Crippen LogP contribution < -0.4 is 5.32 Å². The number of nitrogens with one attached hydrogen (secondary N) is 1. The summed E-state index contributed by atoms with van der Waals surface area (Å²) in [6.07, 6.45) is 2.44. The molecule has 1 unspecified atom stereocenters. The highest BCUT2D eigenvalue weighted by atomic mass is 16.2. The van der Waals surface area contributed by atoms with Crippen LogP contribution in [-0.4, -0.2) is 38.2 Å². The van der Waals surface area contributed by atoms with E-state index < -0.39 is 11.9 Å². The Bertz CT molecular complexity index is 1180. The number of nitrogens with zero attached hydrogens (tertiary/aromatic N) is 3. The van der Waals surface area contributed by atoms with E-state index in [9.17, 15) is 14.4 Å². The molecule has 3 aromatic rings. The molecule has 30 heavy (non-hydrogen) atoms. The van der Waals surface area contributed by atoms with Gasteiger partial charge in [-0.05, 0) is 43.2 Å². The number of piperidine rings is 1. The van der Waals surface area contributed by atoms with Crippen molar-refractivity contribution in [3.63, 3.8) is 0 Å². The Morgan fingerprint density at radius 3 is 2.63 bits per heavy atom. The lowest BCUT2D eigenvalue weighted by Crippen LogP contribution is -2.52. The lowest BCUT2D eigenvalue weighted by atomic mass is 10.0. The van der Waals surface area contributed by atoms with Crippen LogP contribution in [0, 0.1) is 6.92 Å². The Labute approximate surface area is 173 Å². The van der Waals surface area contributed by atoms with Gasteiger partial charge in [0.2, 0.25) is 11.8 Å². The van der Waals surface area contributed by atoms with E-state index in [-0.39, 0.29) is 18.2 Å². The number of imide groups is 1. The normalized spacial score (nSPS) is 18.5. The summed E-state index contributed by atoms with van der Waals surface area (Å²) in [6, 6.07) is 15.1. The molecule has 0 aliphatic carbocycles. The molecule has 7 heteroatoms. The highest BCUT2D eigenvalue weighted by Gasteiger charge is 2.39. The molecule has 3 amide bonds. The summed E-state index contributed by atoms with van der Waals surface area (Å²) in [5, 5.41) is 2.34. The van der Waals surface area contributed by atoms with Crippen molar-refractivity contribution < 1.29 is 14.4 Å². The number of imidazole rings is 1. The fraction of sp³-hybridized carbons (Fsp3) is 0.217. The van der Waals surface area contributed by atoms with Crippen LogP contribution in [0.15, 0.2) is 54.7 Å². The summed E-state index contributed by atoms with van der Waals surface area (Å²) in [5.41, 5.74) is 4.39. The third kappa shape index (κ3) is 2.90. The van der Waals surface area contributed by atoms with Crippen LogP contribution in [0.25, 0.3) is 16.9 Å². The van der Waals surface area contributed by atoms with Crippen molar-refractivity contribution in [2.45, 2.75) is 32.4 Å². The van der Waals surface area contributed by atoms with Crippen LogP contribution >= 0.6 is 0 Å². The molecule has 0 bridgehead atoms. The van der Waals surface area contributed by atoms with Gasteiger partial charge in [-0.3, -0.25) is 24.3 Å². The second-order valence-electron chi connectivity index (χ2n) is 7.63. The van der Waals surface area contributed by atoms with Gasteiger partial charge in [-0.15, -0.1) is 0 Å². The number of hydrogen-bond donors (Lipinski definition) is 1. The first-order chi connectivity index (χ1) is 14.5. The molecule has 2 aliphatic heterocycles. The maximum atomic E-state index is 12.9. The zero-order chi connectivity index (χ0) is 20.8. The monoisotopic (exact) mass is 400 g/mol. The Morgan fingerprint density at radius 1 is 1.07 bits per heavy atom. The number of rotatable bonds is 3. The molecule has 2 aromatic carbocycles. The van der Waals surface area contributed by atoms with Crippen molar-refractivity contribution in [3.8, 4) is 16.9 Å². The van der Waals surface area contributed by atoms with Crippen LogP contribution in [0.2, 0.25) is 0 Å². The molecule has 0 saturated carbocycles. The summed E-state index contributed by atoms with van der Waals surface area (Å²) in [5.74, 6) is 0.0226. The molecule has 0 radical (unpaired) electrons. The first-order valence-electron chi connectivity index (χ1n) is 9.90. The minimum atomic E-state index is -0.608. The Hall–Kier alpha value is -3.74. The molecule has 5 rings (SSSR count). The minimum Gasteiger partial charge on any atom is -0.322 e. The van der Waals surface area contributed by atoms with E-state index in [2.05, 4.69) is 14.9 Å². The first-order valence-corrected chi connectivity index (χ1v) is 9.90. The predicted molar refractivity (Wildman–Crippen MR) is 110 cm³/mol. The zero-order valence-electron chi connectivity index (χ0n) is 16.5. The Morgan fingerprint density at radius 2 is 1.87 bits per heavy atom. The van der Waals surface area contributed by atoms with Crippen molar-refractivity contribution >= 4 is 17.7 Å². The Kier molecular flexibility index (Phi) is 4.24. The van der Waals surface area contributed by atoms with E-state index in [1.54, 1.807) is 4.90 Å². The third-order valence-electron chi connectivity index (χ3n) is 5.77. The number of carbonyl (C=O) groups is 3. The van der Waals surface area contributed by atoms with Gasteiger partial charge in [-0.1, -0.05) is 24.3 Å². The highest BCUT2D eigenvalue weighted by molar-refractivity contribution is 6.05. The first kappa shape index (κ1) is 18.3. The van der Waals surface area contributed by atoms with Gasteiger partial charge < -0.3 is 4.90 Å². The van der Waals surface area contributed by atoms with Gasteiger partial charge in [-0.2, -0.15) is 0 Å². The van der Waals surface area contributed by atoms with Crippen LogP contribution in [0.3, 0.4) is 0 Å². The fourth-order valence-corrected chi connectivity index (χ4v) is 4.28. The molecule has 0 spiro atoms. The number of aryl methyl sites for hydroxylation is 1. The predicted octanol–water partition coefficient (Wildman–Crippen LogP) is 2.61. The molecule has 1 saturated heterocycles. The van der Waals surface area contributed by atoms with Crippen molar-refractivity contribution in [3.05, 3.63) is 71.7 Å². The summed E-state index contributed by atoms with van der Waals surface area (Å²) in [4.78, 5) is 42.6. The average Bonchev–Trinajstić information content (AvgIpc) is 3.28. The summed E-state index contributed by atoms with van der Waals surface area (Å²) in [7, 11) is 0. The number of para-hydroxylation sites is 1. The molecule has 150 valence electrons. The quantitative estimate of drug-likeness (QED) is 0.685. The topological polar surface area (TPSA) is 84.3 Å². The van der Waals surface area contributed by atoms with Crippen LogP contribution in [-0.2, 0) is 16.1 Å². The van der Waals surface area contributed by atoms with Gasteiger partial charge >= 0.3 is 0 Å². The fourth-order valence-electron chi connectivity index (χ4n) is 4.28. The van der Waals surface area contributed by atoms with Crippen molar-refractivity contribution in [1.29, 1.82) is 0 Å². The Balaban J connectivity index is 1.49. The molecule has 3 heterocycles. The molecular formula is C23H20N4O3. The van der Waals surface area contributed by atoms with Crippen molar-refractivity contribution in [2.75, 3.05) is 0 Å². The SMILES string of the molecule is Cc1ncc(-c2ccc3c(c2)CN(C2CCC(=O)NC2=O)C3=O)n1-c1ccccc1. The van der Waals surface area contributed by atoms with Crippen molar-refractivity contribution in [1.82, 2.24) is 19.8 Å². The number of hydrogen-bond acceptors (Lipinski definition) is 4. The zero-order valence-corrected chi connectivity index (χ0v) is 16.5. The van der Waals surface area contributed by atoms with Crippen LogP contribution in [0.4, 0.5) is 0 Å². The van der Waals surface area contributed by atoms with E-state index >= 15 is 0 Å². The largest absolute Gasteiger partial charge is 0.322 e. The molecule has 1 fully saturated rings. The summed E-state index contributed by atoms with van der Waals surface area (Å²) in [6.45, 7) is 2.31. The number of carbonyl (C=O) groups excluding carboxylic acids is 3. The number of benzene rings is 2. The third-order valence-corrected chi connectivity index (χ3v) is 5.77. The molecule has 1 atom stereocenters. The average molecular weight is 400 g/mol. The smallest absolute Gasteiger partial charge is 0.255 e. The molecule has 7 nitrogen and oxygen atoms in total. The second kappa shape index (κ2) is 6.95. The van der Waals surface area contributed by atoms with E-state index in [1.165, 1.54) is 0 Å². The van der Waals surface area contributed by atoms with E-state index in [0.717, 1.165) is 28.3 Å². The van der Waals surface area contributed by atoms with Crippen LogP contribution in [0.1, 0.15) is 34.6 Å². The molecule has 1 N–H and O–H groups in total. The highest BCUT2D eigenvalue weighted by Crippen LogP contribution is 2.32. The molecule has 1 aromatic heterocycles. The minimum absolute atomic E-state index is 0.168. The molecular weight excluding hydrogens is 380 g/mol. The summed E-state index contributed by atoms with van der Waals surface area (Å²) >= 11 is 0. The van der Waals surface area contributed by atoms with Gasteiger partial charge in [0.15, 0.2) is 0 Å². The van der Waals surface area contributed by atoms with Gasteiger partial charge in [0, 0.05) is 29.8 Å². The lowest BCUT2D eigenvalue weighted by molar-refractivity contribution is -0.136. The molecule has 2 aliphatic rings. The maximum Gasteiger partial charge on any atom is 0.255 e. The summed E-state index contributed by atoms with van der Waals surface area (Å²) < 4.78 is 2.08. The van der Waals surface area contributed by atoms with E-state index in [1.807, 2.05) is 61.7 Å². The number of amides is 3. The van der Waals surface area contributed by atoms with Gasteiger partial charge in [0.05, 0.1) is 11.9 Å². The van der Waals surface area contributed by atoms with Gasteiger partial charge in [0.1, 0.15) is 11.9 Å². The lowest BCUT2D eigenvalue weighted by Gasteiger charge is -2.29. The van der Waals surface area contributed by atoms with Gasteiger partial charge in [-0.25, -0.2) is 4.98 Å². The van der Waals surface area contributed by atoms with Gasteiger partial charge in [0.25, 0.3) is 5.91 Å². The van der Waals surface area contributed by atoms with E-state index in [4.69, 9.17) is 0 Å². The second-order valence-corrected chi connectivity index (χ2v) is 7.63. The van der Waals surface area contributed by atoms with E-state index in [0.29, 0.717) is 18.5 Å². The van der Waals surface area contributed by atoms with Crippen molar-refractivity contribution in [2.24, 2.45) is 0 Å².